The van der Waals surface area contributed by atoms with Crippen LogP contribution in [0.15, 0.2) is 12.1 Å². The average molecular weight is 315 g/mol. The fourth-order valence-electron chi connectivity index (χ4n) is 2.61. The molecule has 0 radical (unpaired) electrons. The lowest BCUT2D eigenvalue weighted by Gasteiger charge is -2.35. The van der Waals surface area contributed by atoms with Gasteiger partial charge in [-0.1, -0.05) is 20.8 Å². The lowest BCUT2D eigenvalue weighted by Crippen LogP contribution is -2.29. The van der Waals surface area contributed by atoms with Crippen molar-refractivity contribution in [3.05, 3.63) is 17.7 Å². The largest absolute Gasteiger partial charge is 0.493 e. The van der Waals surface area contributed by atoms with Crippen molar-refractivity contribution in [2.75, 3.05) is 27.2 Å². The van der Waals surface area contributed by atoms with Crippen LogP contribution >= 0.6 is 11.6 Å². The summed E-state index contributed by atoms with van der Waals surface area (Å²) in [6.07, 6.45) is 2.00. The smallest absolute Gasteiger partial charge is 0.203 e. The molecule has 0 unspecified atom stereocenters. The quantitative estimate of drug-likeness (QED) is 0.654. The van der Waals surface area contributed by atoms with E-state index in [1.165, 1.54) is 5.56 Å². The van der Waals surface area contributed by atoms with Crippen LogP contribution in [0.4, 0.5) is 0 Å². The van der Waals surface area contributed by atoms with Gasteiger partial charge >= 0.3 is 0 Å². The van der Waals surface area contributed by atoms with Gasteiger partial charge in [0.25, 0.3) is 0 Å². The molecule has 1 aromatic rings. The van der Waals surface area contributed by atoms with Crippen LogP contribution in [-0.2, 0) is 5.41 Å². The third kappa shape index (κ3) is 3.76. The van der Waals surface area contributed by atoms with Crippen molar-refractivity contribution >= 4 is 11.6 Å². The zero-order valence-corrected chi connectivity index (χ0v) is 14.7. The number of hydrogen-bond acceptors (Lipinski definition) is 3. The Hall–Kier alpha value is -1.09. The van der Waals surface area contributed by atoms with Crippen LogP contribution in [-0.4, -0.2) is 27.2 Å². The molecule has 120 valence electrons. The van der Waals surface area contributed by atoms with Gasteiger partial charge in [-0.3, -0.25) is 0 Å². The van der Waals surface area contributed by atoms with Crippen LogP contribution in [0.25, 0.3) is 0 Å². The molecule has 3 nitrogen and oxygen atoms in total. The highest BCUT2D eigenvalue weighted by Gasteiger charge is 2.32. The van der Waals surface area contributed by atoms with Crippen molar-refractivity contribution in [2.24, 2.45) is 5.92 Å². The summed E-state index contributed by atoms with van der Waals surface area (Å²) in [7, 11) is 4.91. The molecule has 0 N–H and O–H groups in total. The highest BCUT2D eigenvalue weighted by atomic mass is 35.5. The van der Waals surface area contributed by atoms with Crippen molar-refractivity contribution in [3.8, 4) is 17.2 Å². The number of ether oxygens (including phenoxy) is 3. The molecule has 4 heteroatoms. The monoisotopic (exact) mass is 314 g/mol. The van der Waals surface area contributed by atoms with E-state index in [4.69, 9.17) is 25.8 Å². The molecule has 0 amide bonds. The first-order valence-corrected chi connectivity index (χ1v) is 7.84. The number of hydrogen-bond donors (Lipinski definition) is 0. The lowest BCUT2D eigenvalue weighted by atomic mass is 9.70. The van der Waals surface area contributed by atoms with Crippen LogP contribution in [0.1, 0.15) is 39.2 Å². The summed E-state index contributed by atoms with van der Waals surface area (Å²) < 4.78 is 16.3. The Kier molecular flexibility index (Phi) is 6.66. The molecule has 21 heavy (non-hydrogen) atoms. The molecule has 1 atom stereocenters. The number of halogens is 1. The first kappa shape index (κ1) is 18.0. The molecule has 0 saturated carbocycles. The van der Waals surface area contributed by atoms with E-state index in [0.29, 0.717) is 29.0 Å². The van der Waals surface area contributed by atoms with Crippen molar-refractivity contribution in [2.45, 2.75) is 39.0 Å². The Labute approximate surface area is 133 Å². The summed E-state index contributed by atoms with van der Waals surface area (Å²) in [5, 5.41) is 0. The number of rotatable bonds is 8. The third-order valence-electron chi connectivity index (χ3n) is 4.43. The molecule has 0 aliphatic rings. The van der Waals surface area contributed by atoms with E-state index in [1.54, 1.807) is 21.3 Å². The van der Waals surface area contributed by atoms with Gasteiger partial charge in [0.15, 0.2) is 11.5 Å². The number of benzene rings is 1. The van der Waals surface area contributed by atoms with E-state index in [1.807, 2.05) is 0 Å². The fraction of sp³-hybridized carbons (Fsp3) is 0.647. The fourth-order valence-corrected chi connectivity index (χ4v) is 2.74. The molecule has 0 fully saturated rings. The number of methoxy groups -OCH3 is 3. The minimum atomic E-state index is 0.0156. The highest BCUT2D eigenvalue weighted by molar-refractivity contribution is 6.17. The molecule has 0 spiro atoms. The molecule has 0 heterocycles. The molecular formula is C17H27ClO3. The molecule has 1 aromatic carbocycles. The van der Waals surface area contributed by atoms with E-state index in [-0.39, 0.29) is 5.41 Å². The van der Waals surface area contributed by atoms with Gasteiger partial charge in [0.1, 0.15) is 0 Å². The highest BCUT2D eigenvalue weighted by Crippen LogP contribution is 2.45. The van der Waals surface area contributed by atoms with Gasteiger partial charge in [-0.05, 0) is 41.9 Å². The second kappa shape index (κ2) is 7.79. The maximum Gasteiger partial charge on any atom is 0.203 e. The molecular weight excluding hydrogens is 288 g/mol. The second-order valence-corrected chi connectivity index (χ2v) is 6.16. The van der Waals surface area contributed by atoms with E-state index in [9.17, 15) is 0 Å². The predicted molar refractivity (Wildman–Crippen MR) is 88.2 cm³/mol. The normalized spacial score (nSPS) is 13.9. The summed E-state index contributed by atoms with van der Waals surface area (Å²) in [5.74, 6) is 3.18. The van der Waals surface area contributed by atoms with Gasteiger partial charge in [-0.25, -0.2) is 0 Å². The topological polar surface area (TPSA) is 27.7 Å². The SMILES string of the molecule is COc1cc([C@@](C)(CCCCl)C(C)C)cc(OC)c1OC. The Bertz CT molecular complexity index is 434. The molecule has 0 aliphatic carbocycles. The van der Waals surface area contributed by atoms with Crippen LogP contribution < -0.4 is 14.2 Å². The summed E-state index contributed by atoms with van der Waals surface area (Å²) in [5.41, 5.74) is 1.21. The molecule has 0 aromatic heterocycles. The second-order valence-electron chi connectivity index (χ2n) is 5.78. The predicted octanol–water partition coefficient (Wildman–Crippen LogP) is 4.65. The molecule has 0 aliphatic heterocycles. The number of alkyl halides is 1. The van der Waals surface area contributed by atoms with E-state index >= 15 is 0 Å². The Morgan fingerprint density at radius 3 is 1.90 bits per heavy atom. The maximum absolute atomic E-state index is 5.90. The minimum Gasteiger partial charge on any atom is -0.493 e. The average Bonchev–Trinajstić information content (AvgIpc) is 2.50. The first-order valence-electron chi connectivity index (χ1n) is 7.31. The Balaban J connectivity index is 3.38. The molecule has 1 rings (SSSR count). The first-order chi connectivity index (χ1) is 9.94. The van der Waals surface area contributed by atoms with Gasteiger partial charge in [-0.2, -0.15) is 0 Å². The summed E-state index contributed by atoms with van der Waals surface area (Å²) >= 11 is 5.90. The van der Waals surface area contributed by atoms with E-state index < -0.39 is 0 Å². The van der Waals surface area contributed by atoms with Crippen molar-refractivity contribution < 1.29 is 14.2 Å². The summed E-state index contributed by atoms with van der Waals surface area (Å²) in [6, 6.07) is 4.10. The zero-order chi connectivity index (χ0) is 16.0. The lowest BCUT2D eigenvalue weighted by molar-refractivity contribution is 0.298. The van der Waals surface area contributed by atoms with Crippen LogP contribution in [0.2, 0.25) is 0 Å². The van der Waals surface area contributed by atoms with E-state index in [2.05, 4.69) is 32.9 Å². The van der Waals surface area contributed by atoms with Crippen LogP contribution in [0.3, 0.4) is 0 Å². The molecule has 0 saturated heterocycles. The van der Waals surface area contributed by atoms with Crippen molar-refractivity contribution in [1.29, 1.82) is 0 Å². The molecule has 0 bridgehead atoms. The minimum absolute atomic E-state index is 0.0156. The van der Waals surface area contributed by atoms with Crippen LogP contribution in [0, 0.1) is 5.92 Å². The Morgan fingerprint density at radius 1 is 1.05 bits per heavy atom. The van der Waals surface area contributed by atoms with Gasteiger partial charge in [0.2, 0.25) is 5.75 Å². The van der Waals surface area contributed by atoms with Crippen molar-refractivity contribution in [3.63, 3.8) is 0 Å². The van der Waals surface area contributed by atoms with Crippen LogP contribution in [0.5, 0.6) is 17.2 Å². The van der Waals surface area contributed by atoms with Gasteiger partial charge in [-0.15, -0.1) is 11.6 Å². The van der Waals surface area contributed by atoms with E-state index in [0.717, 1.165) is 12.8 Å². The summed E-state index contributed by atoms with van der Waals surface area (Å²) in [4.78, 5) is 0. The zero-order valence-electron chi connectivity index (χ0n) is 14.0. The maximum atomic E-state index is 5.90. The Morgan fingerprint density at radius 2 is 1.57 bits per heavy atom. The van der Waals surface area contributed by atoms with Gasteiger partial charge in [0, 0.05) is 5.88 Å². The third-order valence-corrected chi connectivity index (χ3v) is 4.70. The van der Waals surface area contributed by atoms with Gasteiger partial charge in [0.05, 0.1) is 21.3 Å². The van der Waals surface area contributed by atoms with Crippen molar-refractivity contribution in [1.82, 2.24) is 0 Å². The summed E-state index contributed by atoms with van der Waals surface area (Å²) in [6.45, 7) is 6.74. The van der Waals surface area contributed by atoms with Gasteiger partial charge < -0.3 is 14.2 Å². The standard InChI is InChI=1S/C17H27ClO3/c1-12(2)17(3,8-7-9-18)13-10-14(19-4)16(21-6)15(11-13)20-5/h10-12H,7-9H2,1-6H3/t17-/m0/s1.